The van der Waals surface area contributed by atoms with Crippen molar-refractivity contribution >= 4 is 15.9 Å². The highest BCUT2D eigenvalue weighted by molar-refractivity contribution is 7.89. The second-order valence-electron chi connectivity index (χ2n) is 11.5. The Morgan fingerprint density at radius 3 is 2.42 bits per heavy atom. The number of ether oxygens (including phenoxy) is 1. The Morgan fingerprint density at radius 1 is 1.06 bits per heavy atom. The first-order chi connectivity index (χ1) is 16.9. The molecule has 1 fully saturated rings. The summed E-state index contributed by atoms with van der Waals surface area (Å²) in [7, 11) is -3.66. The van der Waals surface area contributed by atoms with Gasteiger partial charge in [-0.15, -0.1) is 0 Å². The van der Waals surface area contributed by atoms with Crippen LogP contribution in [0.25, 0.3) is 0 Å². The molecule has 36 heavy (non-hydrogen) atoms. The molecule has 8 heteroatoms. The second-order valence-corrected chi connectivity index (χ2v) is 13.3. The van der Waals surface area contributed by atoms with E-state index >= 15 is 0 Å². The number of carbonyl (C=O) groups is 1. The zero-order chi connectivity index (χ0) is 26.3. The van der Waals surface area contributed by atoms with Crippen LogP contribution in [0.4, 0.5) is 0 Å². The fourth-order valence-corrected chi connectivity index (χ4v) is 8.17. The monoisotopic (exact) mass is 515 g/mol. The average molecular weight is 516 g/mol. The van der Waals surface area contributed by atoms with Gasteiger partial charge >= 0.3 is 0 Å². The molecule has 2 atom stereocenters. The van der Waals surface area contributed by atoms with Crippen LogP contribution in [-0.4, -0.2) is 60.4 Å². The third kappa shape index (κ3) is 5.27. The van der Waals surface area contributed by atoms with E-state index in [0.717, 1.165) is 48.2 Å². The van der Waals surface area contributed by atoms with Crippen molar-refractivity contribution in [1.29, 1.82) is 0 Å². The number of hydrogen-bond acceptors (Lipinski definition) is 4. The van der Waals surface area contributed by atoms with E-state index in [1.807, 2.05) is 43.9 Å². The number of fused-ring (bicyclic) bond motifs is 1. The maximum Gasteiger partial charge on any atom is 0.249 e. The van der Waals surface area contributed by atoms with Crippen LogP contribution < -0.4 is 0 Å². The molecular weight excluding hydrogens is 474 g/mol. The topological polar surface area (TPSA) is 71.8 Å². The van der Waals surface area contributed by atoms with E-state index in [1.165, 1.54) is 0 Å². The van der Waals surface area contributed by atoms with Crippen molar-refractivity contribution in [2.45, 2.75) is 84.3 Å². The van der Waals surface area contributed by atoms with Crippen molar-refractivity contribution in [1.82, 2.24) is 13.8 Å². The molecule has 0 spiro atoms. The predicted octanol–water partition coefficient (Wildman–Crippen LogP) is 4.60. The van der Waals surface area contributed by atoms with Crippen LogP contribution in [0.1, 0.15) is 68.5 Å². The first-order valence-corrected chi connectivity index (χ1v) is 14.5. The lowest BCUT2D eigenvalue weighted by molar-refractivity contribution is -0.143. The molecule has 1 aromatic carbocycles. The Bertz CT molecular complexity index is 1190. The summed E-state index contributed by atoms with van der Waals surface area (Å²) >= 11 is 0. The molecule has 0 aliphatic carbocycles. The Morgan fingerprint density at radius 2 is 1.75 bits per heavy atom. The molecule has 4 rings (SSSR count). The highest BCUT2D eigenvalue weighted by Crippen LogP contribution is 2.40. The van der Waals surface area contributed by atoms with Crippen molar-refractivity contribution in [3.63, 3.8) is 0 Å². The van der Waals surface area contributed by atoms with E-state index in [-0.39, 0.29) is 36.6 Å². The maximum atomic E-state index is 13.7. The van der Waals surface area contributed by atoms with Crippen LogP contribution in [0.3, 0.4) is 0 Å². The molecule has 0 radical (unpaired) electrons. The summed E-state index contributed by atoms with van der Waals surface area (Å²) in [4.78, 5) is 15.6. The van der Waals surface area contributed by atoms with Crippen molar-refractivity contribution < 1.29 is 17.9 Å². The van der Waals surface area contributed by atoms with Gasteiger partial charge in [0.15, 0.2) is 0 Å². The number of aryl methyl sites for hydroxylation is 3. The zero-order valence-electron chi connectivity index (χ0n) is 22.6. The van der Waals surface area contributed by atoms with Crippen LogP contribution in [0.5, 0.6) is 0 Å². The van der Waals surface area contributed by atoms with Gasteiger partial charge in [-0.3, -0.25) is 4.79 Å². The van der Waals surface area contributed by atoms with Crippen LogP contribution in [-0.2, 0) is 26.1 Å². The van der Waals surface area contributed by atoms with Gasteiger partial charge in [0.2, 0.25) is 15.9 Å². The molecule has 0 bridgehead atoms. The van der Waals surface area contributed by atoms with Gasteiger partial charge < -0.3 is 14.2 Å². The molecule has 198 valence electrons. The predicted molar refractivity (Wildman–Crippen MR) is 141 cm³/mol. The minimum absolute atomic E-state index is 0.0311. The Labute approximate surface area is 216 Å². The summed E-state index contributed by atoms with van der Waals surface area (Å²) in [6, 6.07) is 7.68. The fraction of sp³-hybridized carbons (Fsp3) is 0.607. The van der Waals surface area contributed by atoms with Gasteiger partial charge in [-0.05, 0) is 62.3 Å². The van der Waals surface area contributed by atoms with Gasteiger partial charge in [-0.1, -0.05) is 44.9 Å². The molecule has 3 heterocycles. The van der Waals surface area contributed by atoms with Crippen molar-refractivity contribution in [2.24, 2.45) is 5.41 Å². The summed E-state index contributed by atoms with van der Waals surface area (Å²) in [5, 5.41) is 0. The van der Waals surface area contributed by atoms with Crippen LogP contribution >= 0.6 is 0 Å². The van der Waals surface area contributed by atoms with Gasteiger partial charge in [0, 0.05) is 37.6 Å². The fourth-order valence-electron chi connectivity index (χ4n) is 6.08. The molecule has 1 amide bonds. The number of piperidine rings is 1. The number of rotatable bonds is 6. The van der Waals surface area contributed by atoms with Crippen LogP contribution in [0, 0.1) is 26.2 Å². The third-order valence-corrected chi connectivity index (χ3v) is 9.72. The standard InChI is InChI=1S/C28H41N3O4S/c1-20-16-21(2)26(22(3)17-20)36(33,34)31-13-8-7-10-23(31)18-35-19-25(32)30-15-14-29-12-9-11-24(29)27(30)28(4,5)6/h9,11-12,16-17,23,27H,7-8,10,13-15,18-19H2,1-6H3. The molecule has 1 saturated heterocycles. The van der Waals surface area contributed by atoms with E-state index in [4.69, 9.17) is 4.74 Å². The largest absolute Gasteiger partial charge is 0.370 e. The lowest BCUT2D eigenvalue weighted by Gasteiger charge is -2.44. The Hall–Kier alpha value is -2.16. The number of aromatic nitrogens is 1. The number of benzene rings is 1. The van der Waals surface area contributed by atoms with Crippen molar-refractivity contribution in [3.8, 4) is 0 Å². The van der Waals surface area contributed by atoms with Gasteiger partial charge in [-0.25, -0.2) is 8.42 Å². The lowest BCUT2D eigenvalue weighted by Crippen LogP contribution is -2.49. The first-order valence-electron chi connectivity index (χ1n) is 13.0. The summed E-state index contributed by atoms with van der Waals surface area (Å²) in [5.41, 5.74) is 3.63. The molecule has 7 nitrogen and oxygen atoms in total. The lowest BCUT2D eigenvalue weighted by atomic mass is 9.82. The molecular formula is C28H41N3O4S. The van der Waals surface area contributed by atoms with Crippen LogP contribution in [0.2, 0.25) is 0 Å². The Kier molecular flexibility index (Phi) is 7.70. The average Bonchev–Trinajstić information content (AvgIpc) is 3.25. The highest BCUT2D eigenvalue weighted by atomic mass is 32.2. The number of sulfonamides is 1. The number of amides is 1. The van der Waals surface area contributed by atoms with Crippen molar-refractivity contribution in [2.75, 3.05) is 26.3 Å². The van der Waals surface area contributed by atoms with Gasteiger partial charge in [-0.2, -0.15) is 4.31 Å². The third-order valence-electron chi connectivity index (χ3n) is 7.46. The smallest absolute Gasteiger partial charge is 0.249 e. The van der Waals surface area contributed by atoms with Crippen molar-refractivity contribution in [3.05, 3.63) is 52.8 Å². The summed E-state index contributed by atoms with van der Waals surface area (Å²) in [5.74, 6) is -0.0437. The van der Waals surface area contributed by atoms with E-state index in [9.17, 15) is 13.2 Å². The summed E-state index contributed by atoms with van der Waals surface area (Å²) in [6.45, 7) is 14.2. The van der Waals surface area contributed by atoms with Gasteiger partial charge in [0.1, 0.15) is 6.61 Å². The number of nitrogens with zero attached hydrogens (tertiary/aromatic N) is 3. The summed E-state index contributed by atoms with van der Waals surface area (Å²) < 4.78 is 37.3. The van der Waals surface area contributed by atoms with Gasteiger partial charge in [0.05, 0.1) is 17.5 Å². The van der Waals surface area contributed by atoms with E-state index in [2.05, 4.69) is 37.6 Å². The second kappa shape index (κ2) is 10.3. The molecule has 2 aliphatic heterocycles. The summed E-state index contributed by atoms with van der Waals surface area (Å²) in [6.07, 6.45) is 4.59. The molecule has 1 aromatic heterocycles. The minimum Gasteiger partial charge on any atom is -0.370 e. The minimum atomic E-state index is -3.66. The molecule has 2 aliphatic rings. The maximum absolute atomic E-state index is 13.7. The van der Waals surface area contributed by atoms with E-state index < -0.39 is 10.0 Å². The van der Waals surface area contributed by atoms with E-state index in [1.54, 1.807) is 4.31 Å². The highest BCUT2D eigenvalue weighted by Gasteiger charge is 2.39. The quantitative estimate of drug-likeness (QED) is 0.564. The SMILES string of the molecule is Cc1cc(C)c(S(=O)(=O)N2CCCCC2COCC(=O)N2CCn3cccc3C2C(C)(C)C)c(C)c1. The van der Waals surface area contributed by atoms with Crippen LogP contribution in [0.15, 0.2) is 35.4 Å². The molecule has 0 saturated carbocycles. The normalized spacial score (nSPS) is 21.4. The van der Waals surface area contributed by atoms with Gasteiger partial charge in [0.25, 0.3) is 0 Å². The Balaban J connectivity index is 1.46. The van der Waals surface area contributed by atoms with E-state index in [0.29, 0.717) is 18.0 Å². The number of hydrogen-bond donors (Lipinski definition) is 0. The zero-order valence-corrected chi connectivity index (χ0v) is 23.4. The number of carbonyl (C=O) groups excluding carboxylic acids is 1. The molecule has 2 unspecified atom stereocenters. The molecule has 0 N–H and O–H groups in total. The molecule has 2 aromatic rings. The first kappa shape index (κ1) is 26.9.